The van der Waals surface area contributed by atoms with Crippen LogP contribution in [-0.4, -0.2) is 44.0 Å². The van der Waals surface area contributed by atoms with Crippen LogP contribution in [0.25, 0.3) is 6.08 Å². The zero-order chi connectivity index (χ0) is 22.6. The number of amides is 2. The number of nitrogens with zero attached hydrogens (tertiary/aromatic N) is 2. The Morgan fingerprint density at radius 1 is 1.06 bits per heavy atom. The van der Waals surface area contributed by atoms with E-state index in [9.17, 15) is 9.59 Å². The molecular weight excluding hydrogens is 394 g/mol. The molecule has 0 saturated heterocycles. The minimum absolute atomic E-state index is 0.130. The molecule has 0 saturated carbocycles. The molecule has 0 heterocycles. The molecule has 2 aromatic rings. The van der Waals surface area contributed by atoms with E-state index in [1.165, 1.54) is 14.0 Å². The van der Waals surface area contributed by atoms with Crippen molar-refractivity contribution >= 4 is 17.9 Å². The average Bonchev–Trinajstić information content (AvgIpc) is 2.78. The molecule has 0 spiro atoms. The summed E-state index contributed by atoms with van der Waals surface area (Å²) in [7, 11) is 3.07. The molecule has 0 radical (unpaired) electrons. The van der Waals surface area contributed by atoms with Crippen LogP contribution in [0.5, 0.6) is 11.5 Å². The van der Waals surface area contributed by atoms with Gasteiger partial charge in [0.25, 0.3) is 5.91 Å². The SMILES string of the molecule is COc1ccc(/C=C(\NC(C)=O)C(=O)N(CCC#N)CCc2ccccc2)cc1OC. The van der Waals surface area contributed by atoms with Gasteiger partial charge < -0.3 is 19.7 Å². The van der Waals surface area contributed by atoms with E-state index in [1.54, 1.807) is 36.3 Å². The van der Waals surface area contributed by atoms with Crippen LogP contribution in [0.15, 0.2) is 54.2 Å². The van der Waals surface area contributed by atoms with Gasteiger partial charge in [-0.2, -0.15) is 5.26 Å². The van der Waals surface area contributed by atoms with Gasteiger partial charge in [0.1, 0.15) is 5.70 Å². The topological polar surface area (TPSA) is 91.7 Å². The molecule has 0 bridgehead atoms. The Morgan fingerprint density at radius 2 is 1.77 bits per heavy atom. The summed E-state index contributed by atoms with van der Waals surface area (Å²) in [5.41, 5.74) is 1.88. The van der Waals surface area contributed by atoms with Crippen molar-refractivity contribution in [2.45, 2.75) is 19.8 Å². The molecule has 0 fully saturated rings. The van der Waals surface area contributed by atoms with Gasteiger partial charge in [-0.05, 0) is 35.8 Å². The van der Waals surface area contributed by atoms with Crippen LogP contribution < -0.4 is 14.8 Å². The molecule has 0 atom stereocenters. The van der Waals surface area contributed by atoms with Crippen molar-refractivity contribution in [1.29, 1.82) is 5.26 Å². The van der Waals surface area contributed by atoms with Crippen LogP contribution in [0.2, 0.25) is 0 Å². The standard InChI is InChI=1S/C24H27N3O4/c1-18(28)26-21(16-20-10-11-22(30-2)23(17-20)31-3)24(29)27(14-7-13-25)15-12-19-8-5-4-6-9-19/h4-6,8-11,16-17H,7,12,14-15H2,1-3H3,(H,26,28)/b21-16-. The zero-order valence-electron chi connectivity index (χ0n) is 18.1. The summed E-state index contributed by atoms with van der Waals surface area (Å²) < 4.78 is 10.6. The molecule has 0 aliphatic heterocycles. The van der Waals surface area contributed by atoms with E-state index in [2.05, 4.69) is 11.4 Å². The number of carbonyl (C=O) groups is 2. The number of methoxy groups -OCH3 is 2. The van der Waals surface area contributed by atoms with E-state index < -0.39 is 0 Å². The third-order valence-electron chi connectivity index (χ3n) is 4.55. The molecule has 2 aromatic carbocycles. The molecule has 31 heavy (non-hydrogen) atoms. The van der Waals surface area contributed by atoms with Gasteiger partial charge in [-0.3, -0.25) is 9.59 Å². The monoisotopic (exact) mass is 421 g/mol. The minimum atomic E-state index is -0.358. The molecule has 0 aliphatic carbocycles. The Hall–Kier alpha value is -3.79. The number of ether oxygens (including phenoxy) is 2. The number of nitriles is 1. The lowest BCUT2D eigenvalue weighted by Crippen LogP contribution is -2.39. The number of benzene rings is 2. The fourth-order valence-corrected chi connectivity index (χ4v) is 3.03. The lowest BCUT2D eigenvalue weighted by molar-refractivity contribution is -0.129. The van der Waals surface area contributed by atoms with Crippen LogP contribution >= 0.6 is 0 Å². The van der Waals surface area contributed by atoms with Gasteiger partial charge in [-0.25, -0.2) is 0 Å². The third kappa shape index (κ3) is 7.19. The Balaban J connectivity index is 2.31. The van der Waals surface area contributed by atoms with Gasteiger partial charge in [-0.15, -0.1) is 0 Å². The van der Waals surface area contributed by atoms with Crippen molar-refractivity contribution in [1.82, 2.24) is 10.2 Å². The summed E-state index contributed by atoms with van der Waals surface area (Å²) >= 11 is 0. The molecule has 7 heteroatoms. The lowest BCUT2D eigenvalue weighted by atomic mass is 10.1. The predicted molar refractivity (Wildman–Crippen MR) is 118 cm³/mol. The second-order valence-corrected chi connectivity index (χ2v) is 6.79. The highest BCUT2D eigenvalue weighted by molar-refractivity contribution is 6.01. The summed E-state index contributed by atoms with van der Waals surface area (Å²) in [4.78, 5) is 26.6. The highest BCUT2D eigenvalue weighted by atomic mass is 16.5. The Bertz CT molecular complexity index is 965. The first-order valence-corrected chi connectivity index (χ1v) is 9.90. The second kappa shape index (κ2) is 12.0. The molecule has 0 aromatic heterocycles. The number of rotatable bonds is 10. The van der Waals surface area contributed by atoms with E-state index in [-0.39, 0.29) is 30.5 Å². The van der Waals surface area contributed by atoms with Gasteiger partial charge in [0.2, 0.25) is 5.91 Å². The quantitative estimate of drug-likeness (QED) is 0.595. The number of nitrogens with one attached hydrogen (secondary N) is 1. The van der Waals surface area contributed by atoms with Crippen LogP contribution in [0.3, 0.4) is 0 Å². The van der Waals surface area contributed by atoms with Crippen LogP contribution in [-0.2, 0) is 16.0 Å². The Labute approximate surface area is 182 Å². The highest BCUT2D eigenvalue weighted by Gasteiger charge is 2.19. The van der Waals surface area contributed by atoms with Crippen molar-refractivity contribution in [2.75, 3.05) is 27.3 Å². The summed E-state index contributed by atoms with van der Waals surface area (Å²) in [6.07, 6.45) is 2.43. The Kier molecular flexibility index (Phi) is 9.12. The molecule has 7 nitrogen and oxygen atoms in total. The predicted octanol–water partition coefficient (Wildman–Crippen LogP) is 3.17. The Morgan fingerprint density at radius 3 is 2.39 bits per heavy atom. The van der Waals surface area contributed by atoms with E-state index in [0.29, 0.717) is 30.0 Å². The maximum absolute atomic E-state index is 13.3. The average molecular weight is 421 g/mol. The fraction of sp³-hybridized carbons (Fsp3) is 0.292. The molecule has 1 N–H and O–H groups in total. The van der Waals surface area contributed by atoms with Crippen molar-refractivity contribution < 1.29 is 19.1 Å². The summed E-state index contributed by atoms with van der Waals surface area (Å²) in [5, 5.41) is 11.6. The summed E-state index contributed by atoms with van der Waals surface area (Å²) in [6, 6.07) is 17.1. The lowest BCUT2D eigenvalue weighted by Gasteiger charge is -2.23. The first-order chi connectivity index (χ1) is 15.0. The van der Waals surface area contributed by atoms with Gasteiger partial charge in [0.05, 0.1) is 26.7 Å². The first-order valence-electron chi connectivity index (χ1n) is 9.90. The van der Waals surface area contributed by atoms with Crippen molar-refractivity contribution in [3.05, 3.63) is 65.4 Å². The van der Waals surface area contributed by atoms with Gasteiger partial charge in [0, 0.05) is 20.0 Å². The van der Waals surface area contributed by atoms with Gasteiger partial charge in [-0.1, -0.05) is 36.4 Å². The molecule has 2 rings (SSSR count). The van der Waals surface area contributed by atoms with Gasteiger partial charge in [0.15, 0.2) is 11.5 Å². The molecule has 0 aliphatic rings. The third-order valence-corrected chi connectivity index (χ3v) is 4.55. The highest BCUT2D eigenvalue weighted by Crippen LogP contribution is 2.28. The number of hydrogen-bond acceptors (Lipinski definition) is 5. The van der Waals surface area contributed by atoms with E-state index in [4.69, 9.17) is 14.7 Å². The second-order valence-electron chi connectivity index (χ2n) is 6.79. The number of carbonyl (C=O) groups excluding carboxylic acids is 2. The zero-order valence-corrected chi connectivity index (χ0v) is 18.1. The molecular formula is C24H27N3O4. The van der Waals surface area contributed by atoms with E-state index in [1.807, 2.05) is 30.3 Å². The van der Waals surface area contributed by atoms with Gasteiger partial charge >= 0.3 is 0 Å². The fourth-order valence-electron chi connectivity index (χ4n) is 3.03. The summed E-state index contributed by atoms with van der Waals surface area (Å²) in [6.45, 7) is 2.04. The van der Waals surface area contributed by atoms with E-state index >= 15 is 0 Å². The van der Waals surface area contributed by atoms with Crippen LogP contribution in [0.1, 0.15) is 24.5 Å². The maximum atomic E-state index is 13.3. The van der Waals surface area contributed by atoms with Crippen molar-refractivity contribution in [3.8, 4) is 17.6 Å². The number of hydrogen-bond donors (Lipinski definition) is 1. The maximum Gasteiger partial charge on any atom is 0.270 e. The molecule has 2 amide bonds. The minimum Gasteiger partial charge on any atom is -0.493 e. The largest absolute Gasteiger partial charge is 0.493 e. The van der Waals surface area contributed by atoms with Crippen LogP contribution in [0.4, 0.5) is 0 Å². The molecule has 0 unspecified atom stereocenters. The summed E-state index contributed by atoms with van der Waals surface area (Å²) in [5.74, 6) is 0.362. The smallest absolute Gasteiger partial charge is 0.270 e. The molecule has 162 valence electrons. The van der Waals surface area contributed by atoms with E-state index in [0.717, 1.165) is 5.56 Å². The normalized spacial score (nSPS) is 10.7. The van der Waals surface area contributed by atoms with Crippen molar-refractivity contribution in [2.24, 2.45) is 0 Å². The first kappa shape index (κ1) is 23.5. The van der Waals surface area contributed by atoms with Crippen molar-refractivity contribution in [3.63, 3.8) is 0 Å². The van der Waals surface area contributed by atoms with Crippen LogP contribution in [0, 0.1) is 11.3 Å².